The summed E-state index contributed by atoms with van der Waals surface area (Å²) in [4.78, 5) is 0. The molecule has 1 unspecified atom stereocenters. The van der Waals surface area contributed by atoms with Gasteiger partial charge in [0.05, 0.1) is 12.0 Å². The highest BCUT2D eigenvalue weighted by Crippen LogP contribution is 2.26. The first-order valence-electron chi connectivity index (χ1n) is 6.34. The Morgan fingerprint density at radius 2 is 1.53 bits per heavy atom. The van der Waals surface area contributed by atoms with Crippen LogP contribution in [0, 0.1) is 50.9 Å². The van der Waals surface area contributed by atoms with Gasteiger partial charge in [-0.1, -0.05) is 19.9 Å². The van der Waals surface area contributed by atoms with E-state index in [9.17, 15) is 5.26 Å². The first-order valence-corrected chi connectivity index (χ1v) is 6.34. The predicted octanol–water partition coefficient (Wildman–Crippen LogP) is 4.26. The molecule has 0 aromatic heterocycles. The van der Waals surface area contributed by atoms with Gasteiger partial charge in [-0.3, -0.25) is 0 Å². The fourth-order valence-corrected chi connectivity index (χ4v) is 2.26. The lowest BCUT2D eigenvalue weighted by molar-refractivity contribution is 0.472. The summed E-state index contributed by atoms with van der Waals surface area (Å²) in [5.74, 6) is 0.535. The molecule has 0 saturated carbocycles. The number of nitriles is 1. The normalized spacial score (nSPS) is 12.6. The number of benzene rings is 1. The zero-order valence-electron chi connectivity index (χ0n) is 11.9. The van der Waals surface area contributed by atoms with Gasteiger partial charge in [-0.05, 0) is 67.9 Å². The van der Waals surface area contributed by atoms with Crippen molar-refractivity contribution in [1.82, 2.24) is 0 Å². The maximum Gasteiger partial charge on any atom is 0.0661 e. The van der Waals surface area contributed by atoms with Crippen LogP contribution in [0.15, 0.2) is 6.07 Å². The Balaban J connectivity index is 3.19. The van der Waals surface area contributed by atoms with E-state index in [2.05, 4.69) is 53.7 Å². The number of aryl methyl sites for hydroxylation is 2. The lowest BCUT2D eigenvalue weighted by Crippen LogP contribution is -2.12. The third kappa shape index (κ3) is 2.88. The Kier molecular flexibility index (Phi) is 4.34. The third-order valence-corrected chi connectivity index (χ3v) is 3.92. The molecule has 92 valence electrons. The quantitative estimate of drug-likeness (QED) is 0.759. The maximum atomic E-state index is 9.23. The molecule has 17 heavy (non-hydrogen) atoms. The molecular weight excluding hydrogens is 206 g/mol. The fraction of sp³-hybridized carbons (Fsp3) is 0.562. The minimum absolute atomic E-state index is 0.119. The van der Waals surface area contributed by atoms with Crippen molar-refractivity contribution in [3.63, 3.8) is 0 Å². The molecule has 1 aromatic rings. The molecule has 0 bridgehead atoms. The molecule has 0 N–H and O–H groups in total. The minimum Gasteiger partial charge on any atom is -0.198 e. The van der Waals surface area contributed by atoms with Gasteiger partial charge in [0.25, 0.3) is 0 Å². The van der Waals surface area contributed by atoms with E-state index in [-0.39, 0.29) is 5.92 Å². The average molecular weight is 229 g/mol. The Morgan fingerprint density at radius 1 is 1.06 bits per heavy atom. The second kappa shape index (κ2) is 5.36. The van der Waals surface area contributed by atoms with Gasteiger partial charge in [0.15, 0.2) is 0 Å². The van der Waals surface area contributed by atoms with Crippen LogP contribution in [-0.4, -0.2) is 0 Å². The number of hydrogen-bond acceptors (Lipinski definition) is 1. The largest absolute Gasteiger partial charge is 0.198 e. The molecule has 0 fully saturated rings. The van der Waals surface area contributed by atoms with Gasteiger partial charge < -0.3 is 0 Å². The summed E-state index contributed by atoms with van der Waals surface area (Å²) in [6.45, 7) is 12.9. The second-order valence-corrected chi connectivity index (χ2v) is 5.42. The molecule has 0 saturated heterocycles. The Hall–Kier alpha value is -1.29. The highest BCUT2D eigenvalue weighted by atomic mass is 14.3. The molecule has 0 aliphatic heterocycles. The summed E-state index contributed by atoms with van der Waals surface area (Å²) >= 11 is 0. The topological polar surface area (TPSA) is 23.8 Å². The molecule has 0 radical (unpaired) electrons. The van der Waals surface area contributed by atoms with Crippen molar-refractivity contribution in [3.8, 4) is 6.07 Å². The molecule has 0 spiro atoms. The van der Waals surface area contributed by atoms with Gasteiger partial charge in [-0.2, -0.15) is 5.26 Å². The SMILES string of the molecule is Cc1cc(C)c(C)c(CC(C#N)C(C)C)c1C. The summed E-state index contributed by atoms with van der Waals surface area (Å²) in [6, 6.07) is 4.68. The molecule has 1 atom stereocenters. The van der Waals surface area contributed by atoms with E-state index >= 15 is 0 Å². The summed E-state index contributed by atoms with van der Waals surface area (Å²) in [7, 11) is 0. The molecule has 1 nitrogen and oxygen atoms in total. The van der Waals surface area contributed by atoms with Crippen LogP contribution in [0.4, 0.5) is 0 Å². The number of nitrogens with zero attached hydrogens (tertiary/aromatic N) is 1. The second-order valence-electron chi connectivity index (χ2n) is 5.42. The molecule has 0 aliphatic carbocycles. The van der Waals surface area contributed by atoms with Gasteiger partial charge >= 0.3 is 0 Å². The molecule has 1 aromatic carbocycles. The van der Waals surface area contributed by atoms with E-state index in [1.807, 2.05) is 0 Å². The Morgan fingerprint density at radius 3 is 1.88 bits per heavy atom. The van der Waals surface area contributed by atoms with Crippen LogP contribution < -0.4 is 0 Å². The van der Waals surface area contributed by atoms with Crippen molar-refractivity contribution in [1.29, 1.82) is 5.26 Å². The molecule has 0 amide bonds. The monoisotopic (exact) mass is 229 g/mol. The van der Waals surface area contributed by atoms with Gasteiger partial charge in [-0.25, -0.2) is 0 Å². The van der Waals surface area contributed by atoms with Crippen LogP contribution in [0.25, 0.3) is 0 Å². The molecule has 1 heteroatoms. The van der Waals surface area contributed by atoms with Gasteiger partial charge in [-0.15, -0.1) is 0 Å². The van der Waals surface area contributed by atoms with E-state index in [0.717, 1.165) is 6.42 Å². The standard InChI is InChI=1S/C16H23N/c1-10(2)15(9-17)8-16-13(5)11(3)7-12(4)14(16)6/h7,10,15H,8H2,1-6H3. The Bertz CT molecular complexity index is 423. The van der Waals surface area contributed by atoms with Crippen LogP contribution in [0.2, 0.25) is 0 Å². The fourth-order valence-electron chi connectivity index (χ4n) is 2.26. The predicted molar refractivity (Wildman–Crippen MR) is 73.0 cm³/mol. The van der Waals surface area contributed by atoms with E-state index in [1.165, 1.54) is 27.8 Å². The molecule has 1 rings (SSSR count). The summed E-state index contributed by atoms with van der Waals surface area (Å²) < 4.78 is 0. The van der Waals surface area contributed by atoms with E-state index in [1.54, 1.807) is 0 Å². The lowest BCUT2D eigenvalue weighted by Gasteiger charge is -2.19. The first kappa shape index (κ1) is 13.8. The van der Waals surface area contributed by atoms with Crippen molar-refractivity contribution < 1.29 is 0 Å². The number of hydrogen-bond donors (Lipinski definition) is 0. The Labute approximate surface area is 105 Å². The highest BCUT2D eigenvalue weighted by molar-refractivity contribution is 5.44. The molecule has 0 aliphatic rings. The van der Waals surface area contributed by atoms with Crippen LogP contribution in [0.5, 0.6) is 0 Å². The van der Waals surface area contributed by atoms with Gasteiger partial charge in [0.2, 0.25) is 0 Å². The average Bonchev–Trinajstić information content (AvgIpc) is 2.26. The minimum atomic E-state index is 0.119. The smallest absolute Gasteiger partial charge is 0.0661 e. The summed E-state index contributed by atoms with van der Waals surface area (Å²) in [5, 5.41) is 9.23. The lowest BCUT2D eigenvalue weighted by atomic mass is 9.84. The van der Waals surface area contributed by atoms with Crippen molar-refractivity contribution in [2.24, 2.45) is 11.8 Å². The zero-order chi connectivity index (χ0) is 13.2. The van der Waals surface area contributed by atoms with Crippen LogP contribution in [0.3, 0.4) is 0 Å². The number of rotatable bonds is 3. The summed E-state index contributed by atoms with van der Waals surface area (Å²) in [5.41, 5.74) is 6.76. The summed E-state index contributed by atoms with van der Waals surface area (Å²) in [6.07, 6.45) is 0.883. The van der Waals surface area contributed by atoms with Crippen LogP contribution >= 0.6 is 0 Å². The first-order chi connectivity index (χ1) is 7.88. The maximum absolute atomic E-state index is 9.23. The molecular formula is C16H23N. The van der Waals surface area contributed by atoms with E-state index in [0.29, 0.717) is 5.92 Å². The van der Waals surface area contributed by atoms with E-state index in [4.69, 9.17) is 0 Å². The van der Waals surface area contributed by atoms with Crippen molar-refractivity contribution >= 4 is 0 Å². The van der Waals surface area contributed by atoms with Crippen LogP contribution in [0.1, 0.15) is 41.7 Å². The van der Waals surface area contributed by atoms with E-state index < -0.39 is 0 Å². The van der Waals surface area contributed by atoms with Crippen molar-refractivity contribution in [2.75, 3.05) is 0 Å². The highest BCUT2D eigenvalue weighted by Gasteiger charge is 2.17. The van der Waals surface area contributed by atoms with Crippen molar-refractivity contribution in [2.45, 2.75) is 48.0 Å². The van der Waals surface area contributed by atoms with Gasteiger partial charge in [0, 0.05) is 0 Å². The third-order valence-electron chi connectivity index (χ3n) is 3.92. The zero-order valence-corrected chi connectivity index (χ0v) is 11.9. The van der Waals surface area contributed by atoms with Crippen molar-refractivity contribution in [3.05, 3.63) is 33.9 Å². The van der Waals surface area contributed by atoms with Gasteiger partial charge in [0.1, 0.15) is 0 Å². The van der Waals surface area contributed by atoms with Crippen LogP contribution in [-0.2, 0) is 6.42 Å². The molecule has 0 heterocycles.